The summed E-state index contributed by atoms with van der Waals surface area (Å²) in [6.07, 6.45) is 2.98. The normalized spacial score (nSPS) is 19.2. The number of ether oxygens (including phenoxy) is 2. The lowest BCUT2D eigenvalue weighted by Crippen LogP contribution is -2.46. The molecule has 1 aliphatic rings. The van der Waals surface area contributed by atoms with E-state index in [0.29, 0.717) is 24.7 Å². The van der Waals surface area contributed by atoms with Crippen LogP contribution in [0.25, 0.3) is 0 Å². The van der Waals surface area contributed by atoms with E-state index in [2.05, 4.69) is 4.98 Å². The van der Waals surface area contributed by atoms with Crippen LogP contribution in [0.4, 0.5) is 10.5 Å². The minimum atomic E-state index is -0.483. The fourth-order valence-corrected chi connectivity index (χ4v) is 2.16. The van der Waals surface area contributed by atoms with Crippen molar-refractivity contribution in [2.24, 2.45) is 0 Å². The van der Waals surface area contributed by atoms with Gasteiger partial charge in [0, 0.05) is 12.6 Å². The van der Waals surface area contributed by atoms with Gasteiger partial charge in [0.15, 0.2) is 0 Å². The number of carbonyl (C=O) groups excluding carboxylic acids is 1. The Morgan fingerprint density at radius 3 is 2.81 bits per heavy atom. The summed E-state index contributed by atoms with van der Waals surface area (Å²) in [4.78, 5) is 17.9. The first-order valence-corrected chi connectivity index (χ1v) is 7.19. The number of piperidine rings is 1. The lowest BCUT2D eigenvalue weighted by atomic mass is 10.1. The first kappa shape index (κ1) is 15.4. The summed E-state index contributed by atoms with van der Waals surface area (Å²) in [6, 6.07) is 3.48. The quantitative estimate of drug-likeness (QED) is 0.906. The fourth-order valence-electron chi connectivity index (χ4n) is 2.16. The number of aromatic nitrogens is 1. The molecule has 0 radical (unpaired) electrons. The van der Waals surface area contributed by atoms with Crippen molar-refractivity contribution in [3.63, 3.8) is 0 Å². The largest absolute Gasteiger partial charge is 0.472 e. The van der Waals surface area contributed by atoms with Crippen molar-refractivity contribution in [3.05, 3.63) is 18.3 Å². The van der Waals surface area contributed by atoms with E-state index in [0.717, 1.165) is 12.8 Å². The van der Waals surface area contributed by atoms with Gasteiger partial charge in [-0.1, -0.05) is 0 Å². The first-order valence-electron chi connectivity index (χ1n) is 7.19. The van der Waals surface area contributed by atoms with Crippen LogP contribution in [0.5, 0.6) is 5.88 Å². The lowest BCUT2D eigenvalue weighted by molar-refractivity contribution is 0.00723. The van der Waals surface area contributed by atoms with Crippen molar-refractivity contribution >= 4 is 11.8 Å². The molecule has 0 aromatic carbocycles. The second-order valence-corrected chi connectivity index (χ2v) is 6.24. The molecular weight excluding hydrogens is 270 g/mol. The average molecular weight is 293 g/mol. The molecule has 6 heteroatoms. The molecule has 0 bridgehead atoms. The van der Waals surface area contributed by atoms with E-state index in [4.69, 9.17) is 15.2 Å². The maximum Gasteiger partial charge on any atom is 0.410 e. The molecule has 1 fully saturated rings. The van der Waals surface area contributed by atoms with E-state index < -0.39 is 5.60 Å². The molecule has 0 spiro atoms. The lowest BCUT2D eigenvalue weighted by Gasteiger charge is -2.33. The summed E-state index contributed by atoms with van der Waals surface area (Å²) < 4.78 is 11.2. The van der Waals surface area contributed by atoms with Gasteiger partial charge in [0.25, 0.3) is 0 Å². The van der Waals surface area contributed by atoms with Gasteiger partial charge in [-0.25, -0.2) is 9.78 Å². The van der Waals surface area contributed by atoms with Gasteiger partial charge < -0.3 is 20.1 Å². The number of hydrogen-bond donors (Lipinski definition) is 1. The number of pyridine rings is 1. The van der Waals surface area contributed by atoms with E-state index >= 15 is 0 Å². The van der Waals surface area contributed by atoms with Crippen LogP contribution in [-0.2, 0) is 4.74 Å². The number of nitrogen functional groups attached to an aromatic ring is 1. The first-order chi connectivity index (χ1) is 9.83. The summed E-state index contributed by atoms with van der Waals surface area (Å²) >= 11 is 0. The third-order valence-corrected chi connectivity index (χ3v) is 3.08. The van der Waals surface area contributed by atoms with Gasteiger partial charge >= 0.3 is 6.09 Å². The molecule has 2 heterocycles. The number of rotatable bonds is 2. The van der Waals surface area contributed by atoms with Crippen LogP contribution in [-0.4, -0.2) is 40.8 Å². The van der Waals surface area contributed by atoms with Crippen molar-refractivity contribution in [2.75, 3.05) is 18.8 Å². The molecule has 1 aromatic rings. The highest BCUT2D eigenvalue weighted by atomic mass is 16.6. The molecule has 1 atom stereocenters. The zero-order valence-corrected chi connectivity index (χ0v) is 12.8. The Morgan fingerprint density at radius 1 is 1.43 bits per heavy atom. The third-order valence-electron chi connectivity index (χ3n) is 3.08. The van der Waals surface area contributed by atoms with Crippen LogP contribution in [0.2, 0.25) is 0 Å². The monoisotopic (exact) mass is 293 g/mol. The SMILES string of the molecule is CC(C)(C)OC(=O)N1CCCC(Oc2ccc(N)cn2)C1. The Bertz CT molecular complexity index is 482. The predicted molar refractivity (Wildman–Crippen MR) is 80.1 cm³/mol. The Morgan fingerprint density at radius 2 is 2.19 bits per heavy atom. The maximum absolute atomic E-state index is 12.1. The molecule has 0 saturated carbocycles. The molecule has 116 valence electrons. The maximum atomic E-state index is 12.1. The number of carbonyl (C=O) groups is 1. The molecule has 2 rings (SSSR count). The predicted octanol–water partition coefficient (Wildman–Crippen LogP) is 2.44. The van der Waals surface area contributed by atoms with Gasteiger partial charge in [0.1, 0.15) is 11.7 Å². The van der Waals surface area contributed by atoms with Gasteiger partial charge in [-0.15, -0.1) is 0 Å². The zero-order valence-electron chi connectivity index (χ0n) is 12.8. The van der Waals surface area contributed by atoms with Crippen molar-refractivity contribution < 1.29 is 14.3 Å². The Kier molecular flexibility index (Phi) is 4.55. The molecular formula is C15H23N3O3. The van der Waals surface area contributed by atoms with Crippen LogP contribution in [0.3, 0.4) is 0 Å². The minimum Gasteiger partial charge on any atom is -0.472 e. The van der Waals surface area contributed by atoms with E-state index in [9.17, 15) is 4.79 Å². The summed E-state index contributed by atoms with van der Waals surface area (Å²) in [5.74, 6) is 0.528. The van der Waals surface area contributed by atoms with E-state index in [-0.39, 0.29) is 12.2 Å². The van der Waals surface area contributed by atoms with Gasteiger partial charge in [-0.2, -0.15) is 0 Å². The molecule has 1 aliphatic heterocycles. The second kappa shape index (κ2) is 6.20. The molecule has 21 heavy (non-hydrogen) atoms. The van der Waals surface area contributed by atoms with Crippen molar-refractivity contribution in [2.45, 2.75) is 45.3 Å². The Labute approximate surface area is 125 Å². The summed E-state index contributed by atoms with van der Waals surface area (Å²) in [5, 5.41) is 0. The molecule has 1 saturated heterocycles. The van der Waals surface area contributed by atoms with Crippen LogP contribution >= 0.6 is 0 Å². The highest BCUT2D eigenvalue weighted by Crippen LogP contribution is 2.19. The molecule has 0 aliphatic carbocycles. The van der Waals surface area contributed by atoms with Crippen molar-refractivity contribution in [1.82, 2.24) is 9.88 Å². The van der Waals surface area contributed by atoms with Crippen LogP contribution in [0, 0.1) is 0 Å². The standard InChI is InChI=1S/C15H23N3O3/c1-15(2,3)21-14(19)18-8-4-5-12(10-18)20-13-7-6-11(16)9-17-13/h6-7,9,12H,4-5,8,10,16H2,1-3H3. The molecule has 1 amide bonds. The van der Waals surface area contributed by atoms with Gasteiger partial charge in [-0.3, -0.25) is 0 Å². The van der Waals surface area contributed by atoms with Gasteiger partial charge in [0.05, 0.1) is 18.4 Å². The molecule has 2 N–H and O–H groups in total. The summed E-state index contributed by atoms with van der Waals surface area (Å²) in [5.41, 5.74) is 5.71. The fraction of sp³-hybridized carbons (Fsp3) is 0.600. The smallest absolute Gasteiger partial charge is 0.410 e. The van der Waals surface area contributed by atoms with Gasteiger partial charge in [-0.05, 0) is 39.7 Å². The Balaban J connectivity index is 1.91. The van der Waals surface area contributed by atoms with Crippen LogP contribution in [0.1, 0.15) is 33.6 Å². The van der Waals surface area contributed by atoms with Crippen molar-refractivity contribution in [3.8, 4) is 5.88 Å². The summed E-state index contributed by atoms with van der Waals surface area (Å²) in [6.45, 7) is 6.80. The molecule has 1 aromatic heterocycles. The number of hydrogen-bond acceptors (Lipinski definition) is 5. The number of anilines is 1. The number of amides is 1. The highest BCUT2D eigenvalue weighted by Gasteiger charge is 2.28. The van der Waals surface area contributed by atoms with E-state index in [1.165, 1.54) is 0 Å². The topological polar surface area (TPSA) is 77.7 Å². The van der Waals surface area contributed by atoms with E-state index in [1.54, 1.807) is 23.2 Å². The zero-order chi connectivity index (χ0) is 15.5. The molecule has 1 unspecified atom stereocenters. The van der Waals surface area contributed by atoms with Crippen LogP contribution in [0.15, 0.2) is 18.3 Å². The van der Waals surface area contributed by atoms with Crippen LogP contribution < -0.4 is 10.5 Å². The number of nitrogens with two attached hydrogens (primary N) is 1. The number of likely N-dealkylation sites (tertiary alicyclic amines) is 1. The Hall–Kier alpha value is -1.98. The highest BCUT2D eigenvalue weighted by molar-refractivity contribution is 5.68. The number of nitrogens with zero attached hydrogens (tertiary/aromatic N) is 2. The second-order valence-electron chi connectivity index (χ2n) is 6.24. The molecule has 6 nitrogen and oxygen atoms in total. The van der Waals surface area contributed by atoms with Gasteiger partial charge in [0.2, 0.25) is 5.88 Å². The summed E-state index contributed by atoms with van der Waals surface area (Å²) in [7, 11) is 0. The third kappa shape index (κ3) is 4.81. The van der Waals surface area contributed by atoms with E-state index in [1.807, 2.05) is 20.8 Å². The average Bonchev–Trinajstić information content (AvgIpc) is 2.40. The minimum absolute atomic E-state index is 0.0672. The van der Waals surface area contributed by atoms with Crippen molar-refractivity contribution in [1.29, 1.82) is 0 Å².